The first-order valence-corrected chi connectivity index (χ1v) is 6.64. The molecule has 0 aromatic carbocycles. The smallest absolute Gasteiger partial charge is 0.251 e. The number of thioether (sulfide) groups is 1. The summed E-state index contributed by atoms with van der Waals surface area (Å²) in [6.45, 7) is 4.87. The number of nitrogens with one attached hydrogen (secondary N) is 1. The first-order chi connectivity index (χ1) is 7.61. The van der Waals surface area contributed by atoms with Gasteiger partial charge in [-0.05, 0) is 18.2 Å². The van der Waals surface area contributed by atoms with Crippen LogP contribution in [0.4, 0.5) is 0 Å². The summed E-state index contributed by atoms with van der Waals surface area (Å²) in [5.74, 6) is 3.24. The molecule has 5 heteroatoms. The Morgan fingerprint density at radius 2 is 2.31 bits per heavy atom. The highest BCUT2D eigenvalue weighted by molar-refractivity contribution is 7.98. The van der Waals surface area contributed by atoms with Gasteiger partial charge in [-0.3, -0.25) is 4.79 Å². The lowest BCUT2D eigenvalue weighted by Gasteiger charge is -2.05. The molecule has 0 radical (unpaired) electrons. The highest BCUT2D eigenvalue weighted by Gasteiger charge is 2.02. The van der Waals surface area contributed by atoms with Crippen LogP contribution in [0.15, 0.2) is 10.9 Å². The fraction of sp³-hybridized carbons (Fsp3) is 0.636. The molecule has 0 fully saturated rings. The van der Waals surface area contributed by atoms with Gasteiger partial charge in [-0.1, -0.05) is 13.8 Å². The summed E-state index contributed by atoms with van der Waals surface area (Å²) in [7, 11) is 0. The van der Waals surface area contributed by atoms with E-state index in [-0.39, 0.29) is 5.56 Å². The maximum absolute atomic E-state index is 11.3. The summed E-state index contributed by atoms with van der Waals surface area (Å²) in [6, 6.07) is 1.52. The van der Waals surface area contributed by atoms with E-state index in [0.29, 0.717) is 18.9 Å². The summed E-state index contributed by atoms with van der Waals surface area (Å²) in [4.78, 5) is 18.5. The molecule has 1 rings (SSSR count). The van der Waals surface area contributed by atoms with E-state index in [1.807, 2.05) is 0 Å². The number of hydrogen-bond acceptors (Lipinski definition) is 4. The molecule has 0 saturated carbocycles. The average molecular weight is 241 g/mol. The molecular formula is C11H19N3OS. The Morgan fingerprint density at radius 3 is 2.94 bits per heavy atom. The van der Waals surface area contributed by atoms with Gasteiger partial charge in [0.05, 0.1) is 5.75 Å². The van der Waals surface area contributed by atoms with E-state index in [0.717, 1.165) is 23.0 Å². The highest BCUT2D eigenvalue weighted by atomic mass is 32.2. The number of rotatable bonds is 6. The second-order valence-corrected chi connectivity index (χ2v) is 5.16. The third-order valence-electron chi connectivity index (χ3n) is 1.93. The Bertz CT molecular complexity index is 376. The summed E-state index contributed by atoms with van der Waals surface area (Å²) in [6.07, 6.45) is 0.658. The molecule has 0 spiro atoms. The molecule has 0 aliphatic rings. The van der Waals surface area contributed by atoms with Crippen molar-refractivity contribution in [3.63, 3.8) is 0 Å². The van der Waals surface area contributed by atoms with E-state index in [1.54, 1.807) is 11.8 Å². The maximum atomic E-state index is 11.3. The van der Waals surface area contributed by atoms with Crippen molar-refractivity contribution in [1.29, 1.82) is 0 Å². The molecule has 1 aromatic rings. The van der Waals surface area contributed by atoms with Crippen LogP contribution in [0, 0.1) is 5.92 Å². The van der Waals surface area contributed by atoms with Crippen molar-refractivity contribution < 1.29 is 0 Å². The zero-order valence-electron chi connectivity index (χ0n) is 9.82. The van der Waals surface area contributed by atoms with Crippen molar-refractivity contribution in [2.45, 2.75) is 26.0 Å². The summed E-state index contributed by atoms with van der Waals surface area (Å²) < 4.78 is 0. The van der Waals surface area contributed by atoms with Crippen LogP contribution in [0.2, 0.25) is 0 Å². The van der Waals surface area contributed by atoms with Crippen LogP contribution in [-0.2, 0) is 12.2 Å². The van der Waals surface area contributed by atoms with Gasteiger partial charge < -0.3 is 10.7 Å². The van der Waals surface area contributed by atoms with E-state index in [9.17, 15) is 4.79 Å². The molecule has 0 unspecified atom stereocenters. The van der Waals surface area contributed by atoms with Crippen LogP contribution in [0.1, 0.15) is 25.4 Å². The molecule has 0 aliphatic heterocycles. The number of aromatic nitrogens is 2. The fourth-order valence-electron chi connectivity index (χ4n) is 1.30. The van der Waals surface area contributed by atoms with Crippen molar-refractivity contribution in [2.75, 3.05) is 12.3 Å². The van der Waals surface area contributed by atoms with Gasteiger partial charge in [0.2, 0.25) is 0 Å². The Hall–Kier alpha value is -0.810. The normalized spacial score (nSPS) is 11.0. The average Bonchev–Trinajstić information content (AvgIpc) is 2.16. The predicted octanol–water partition coefficient (Wildman–Crippen LogP) is 1.16. The van der Waals surface area contributed by atoms with Crippen molar-refractivity contribution in [1.82, 2.24) is 9.97 Å². The lowest BCUT2D eigenvalue weighted by atomic mass is 10.3. The Morgan fingerprint density at radius 1 is 1.56 bits per heavy atom. The minimum Gasteiger partial charge on any atom is -0.330 e. The third-order valence-corrected chi connectivity index (χ3v) is 3.31. The molecule has 1 aromatic heterocycles. The highest BCUT2D eigenvalue weighted by Crippen LogP contribution is 2.11. The number of aromatic amines is 1. The number of nitrogens with two attached hydrogens (primary N) is 1. The molecule has 0 atom stereocenters. The van der Waals surface area contributed by atoms with Gasteiger partial charge >= 0.3 is 0 Å². The molecule has 0 amide bonds. The lowest BCUT2D eigenvalue weighted by Crippen LogP contribution is -2.14. The second kappa shape index (κ2) is 6.70. The van der Waals surface area contributed by atoms with Crippen molar-refractivity contribution in [3.8, 4) is 0 Å². The van der Waals surface area contributed by atoms with Crippen LogP contribution in [0.3, 0.4) is 0 Å². The third kappa shape index (κ3) is 4.81. The molecule has 0 aliphatic carbocycles. The van der Waals surface area contributed by atoms with Crippen LogP contribution in [-0.4, -0.2) is 22.3 Å². The molecule has 0 saturated heterocycles. The van der Waals surface area contributed by atoms with Crippen LogP contribution < -0.4 is 11.3 Å². The summed E-state index contributed by atoms with van der Waals surface area (Å²) in [5.41, 5.74) is 6.14. The monoisotopic (exact) mass is 241 g/mol. The number of nitrogens with zero attached hydrogens (tertiary/aromatic N) is 1. The molecular weight excluding hydrogens is 222 g/mol. The van der Waals surface area contributed by atoms with E-state index < -0.39 is 0 Å². The van der Waals surface area contributed by atoms with Gasteiger partial charge in [-0.2, -0.15) is 11.8 Å². The van der Waals surface area contributed by atoms with E-state index in [2.05, 4.69) is 23.8 Å². The van der Waals surface area contributed by atoms with Crippen molar-refractivity contribution in [3.05, 3.63) is 27.9 Å². The number of H-pyrrole nitrogens is 1. The molecule has 1 heterocycles. The summed E-state index contributed by atoms with van der Waals surface area (Å²) >= 11 is 1.79. The predicted molar refractivity (Wildman–Crippen MR) is 68.6 cm³/mol. The van der Waals surface area contributed by atoms with Crippen LogP contribution >= 0.6 is 11.8 Å². The van der Waals surface area contributed by atoms with E-state index >= 15 is 0 Å². The van der Waals surface area contributed by atoms with Gasteiger partial charge in [0.25, 0.3) is 5.56 Å². The van der Waals surface area contributed by atoms with Gasteiger partial charge in [-0.15, -0.1) is 0 Å². The topological polar surface area (TPSA) is 71.8 Å². The zero-order valence-corrected chi connectivity index (χ0v) is 10.6. The van der Waals surface area contributed by atoms with Gasteiger partial charge in [0, 0.05) is 18.2 Å². The SMILES string of the molecule is CC(C)CSCc1nc(CCN)cc(=O)[nH]1. The molecule has 4 nitrogen and oxygen atoms in total. The Labute approximate surface area is 100 Å². The van der Waals surface area contributed by atoms with Crippen LogP contribution in [0.5, 0.6) is 0 Å². The minimum atomic E-state index is -0.0846. The molecule has 0 bridgehead atoms. The Balaban J connectivity index is 2.61. The quantitative estimate of drug-likeness (QED) is 0.784. The van der Waals surface area contributed by atoms with E-state index in [4.69, 9.17) is 5.73 Å². The standard InChI is InChI=1S/C11H19N3OS/c1-8(2)6-16-7-10-13-9(3-4-12)5-11(15)14-10/h5,8H,3-4,6-7,12H2,1-2H3,(H,13,14,15). The number of hydrogen-bond donors (Lipinski definition) is 2. The molecule has 90 valence electrons. The van der Waals surface area contributed by atoms with Gasteiger partial charge in [0.1, 0.15) is 5.82 Å². The molecule has 3 N–H and O–H groups in total. The van der Waals surface area contributed by atoms with E-state index in [1.165, 1.54) is 6.07 Å². The molecule has 16 heavy (non-hydrogen) atoms. The lowest BCUT2D eigenvalue weighted by molar-refractivity contribution is 0.749. The van der Waals surface area contributed by atoms with Crippen molar-refractivity contribution in [2.24, 2.45) is 11.7 Å². The Kier molecular flexibility index (Phi) is 5.55. The van der Waals surface area contributed by atoms with Gasteiger partial charge in [0.15, 0.2) is 0 Å². The largest absolute Gasteiger partial charge is 0.330 e. The van der Waals surface area contributed by atoms with Crippen LogP contribution in [0.25, 0.3) is 0 Å². The first kappa shape index (κ1) is 13.3. The maximum Gasteiger partial charge on any atom is 0.251 e. The first-order valence-electron chi connectivity index (χ1n) is 5.48. The van der Waals surface area contributed by atoms with Crippen molar-refractivity contribution >= 4 is 11.8 Å². The fourth-order valence-corrected chi connectivity index (χ4v) is 2.22. The summed E-state index contributed by atoms with van der Waals surface area (Å²) in [5, 5.41) is 0. The second-order valence-electron chi connectivity index (χ2n) is 4.13. The zero-order chi connectivity index (χ0) is 12.0. The minimum absolute atomic E-state index is 0.0846. The van der Waals surface area contributed by atoms with Gasteiger partial charge in [-0.25, -0.2) is 4.98 Å².